The van der Waals surface area contributed by atoms with Gasteiger partial charge in [-0.25, -0.2) is 0 Å². The van der Waals surface area contributed by atoms with E-state index in [1.807, 2.05) is 12.1 Å². The first kappa shape index (κ1) is 20.0. The molecule has 0 radical (unpaired) electrons. The van der Waals surface area contributed by atoms with Crippen LogP contribution in [0, 0.1) is 0 Å². The van der Waals surface area contributed by atoms with Crippen LogP contribution in [0.3, 0.4) is 0 Å². The highest BCUT2D eigenvalue weighted by atomic mass is 32.2. The second kappa shape index (κ2) is 8.88. The van der Waals surface area contributed by atoms with E-state index in [-0.39, 0.29) is 5.75 Å². The number of hydrogen-bond donors (Lipinski definition) is 2. The van der Waals surface area contributed by atoms with E-state index in [0.717, 1.165) is 11.8 Å². The van der Waals surface area contributed by atoms with E-state index in [2.05, 4.69) is 5.32 Å². The van der Waals surface area contributed by atoms with Crippen molar-refractivity contribution in [1.29, 1.82) is 0 Å². The molecule has 0 bridgehead atoms. The Hall–Kier alpha value is -2.29. The van der Waals surface area contributed by atoms with Crippen molar-refractivity contribution >= 4 is 10.1 Å². The minimum Gasteiger partial charge on any atom is -0.497 e. The van der Waals surface area contributed by atoms with Crippen LogP contribution in [0.25, 0.3) is 0 Å². The fourth-order valence-corrected chi connectivity index (χ4v) is 2.84. The van der Waals surface area contributed by atoms with E-state index >= 15 is 0 Å². The maximum atomic E-state index is 11.1. The molecule has 8 heteroatoms. The van der Waals surface area contributed by atoms with E-state index in [0.29, 0.717) is 30.2 Å². The van der Waals surface area contributed by atoms with Crippen LogP contribution in [0.2, 0.25) is 0 Å². The van der Waals surface area contributed by atoms with Crippen LogP contribution in [0.15, 0.2) is 42.5 Å². The Labute approximate surface area is 153 Å². The molecule has 2 aromatic carbocycles. The highest BCUT2D eigenvalue weighted by molar-refractivity contribution is 7.86. The van der Waals surface area contributed by atoms with Crippen molar-refractivity contribution in [2.45, 2.75) is 12.6 Å². The summed E-state index contributed by atoms with van der Waals surface area (Å²) >= 11 is 0. The molecular weight excluding hydrogens is 358 g/mol. The monoisotopic (exact) mass is 381 g/mol. The minimum atomic E-state index is -3.56. The van der Waals surface area contributed by atoms with E-state index in [4.69, 9.17) is 13.7 Å². The van der Waals surface area contributed by atoms with Crippen LogP contribution >= 0.6 is 0 Å². The summed E-state index contributed by atoms with van der Waals surface area (Å²) in [5, 5.41) is 13.4. The molecular formula is C18H23NO6S. The summed E-state index contributed by atoms with van der Waals surface area (Å²) in [5.74, 6) is 1.62. The number of ether oxygens (including phenoxy) is 2. The molecule has 2 N–H and O–H groups in total. The minimum absolute atomic E-state index is 0.208. The molecule has 142 valence electrons. The third-order valence-corrected chi connectivity index (χ3v) is 4.16. The fraction of sp³-hybridized carbons (Fsp3) is 0.333. The van der Waals surface area contributed by atoms with Crippen LogP contribution in [0.1, 0.15) is 17.2 Å². The molecule has 1 atom stereocenters. The first-order chi connectivity index (χ1) is 12.3. The number of rotatable bonds is 9. The summed E-state index contributed by atoms with van der Waals surface area (Å²) in [6.07, 6.45) is 0.235. The second-order valence-electron chi connectivity index (χ2n) is 5.68. The highest BCUT2D eigenvalue weighted by Gasteiger charge is 2.10. The summed E-state index contributed by atoms with van der Waals surface area (Å²) in [4.78, 5) is 0. The summed E-state index contributed by atoms with van der Waals surface area (Å²) in [6.45, 7) is 0.834. The van der Waals surface area contributed by atoms with Crippen molar-refractivity contribution in [2.75, 3.05) is 27.0 Å². The average molecular weight is 381 g/mol. The molecule has 0 saturated heterocycles. The van der Waals surface area contributed by atoms with E-state index < -0.39 is 16.2 Å². The van der Waals surface area contributed by atoms with Crippen molar-refractivity contribution in [3.8, 4) is 17.2 Å². The Balaban J connectivity index is 1.91. The molecule has 0 spiro atoms. The predicted molar refractivity (Wildman–Crippen MR) is 98.1 cm³/mol. The Bertz CT molecular complexity index is 820. The normalized spacial score (nSPS) is 12.5. The zero-order chi connectivity index (χ0) is 19.2. The molecule has 0 amide bonds. The van der Waals surface area contributed by atoms with E-state index in [1.165, 1.54) is 12.1 Å². The van der Waals surface area contributed by atoms with Crippen molar-refractivity contribution < 1.29 is 27.2 Å². The average Bonchev–Trinajstić information content (AvgIpc) is 2.61. The lowest BCUT2D eigenvalue weighted by atomic mass is 10.1. The number of benzene rings is 2. The Morgan fingerprint density at radius 3 is 2.27 bits per heavy atom. The zero-order valence-corrected chi connectivity index (χ0v) is 15.7. The number of aliphatic hydroxyl groups is 1. The molecule has 0 aromatic heterocycles. The Kier molecular flexibility index (Phi) is 6.84. The summed E-state index contributed by atoms with van der Waals surface area (Å²) in [6, 6.07) is 11.8. The Morgan fingerprint density at radius 1 is 1.04 bits per heavy atom. The summed E-state index contributed by atoms with van der Waals surface area (Å²) < 4.78 is 37.4. The van der Waals surface area contributed by atoms with Gasteiger partial charge in [0.15, 0.2) is 0 Å². The molecule has 0 fully saturated rings. The van der Waals surface area contributed by atoms with Gasteiger partial charge in [-0.2, -0.15) is 8.42 Å². The first-order valence-corrected chi connectivity index (χ1v) is 9.73. The van der Waals surface area contributed by atoms with Crippen LogP contribution in [-0.2, 0) is 16.7 Å². The van der Waals surface area contributed by atoms with Gasteiger partial charge in [0, 0.05) is 24.7 Å². The summed E-state index contributed by atoms with van der Waals surface area (Å²) in [7, 11) is -0.379. The number of hydrogen-bond acceptors (Lipinski definition) is 7. The van der Waals surface area contributed by atoms with Crippen molar-refractivity contribution in [1.82, 2.24) is 5.32 Å². The molecule has 2 aromatic rings. The molecule has 0 saturated carbocycles. The standard InChI is InChI=1S/C18H23NO6S/c1-23-16-9-6-14(18(10-16)24-2)11-19-12-17(20)13-4-7-15(8-5-13)25-26(3,21)22/h4-10,17,19-20H,11-12H2,1-3H3/t17-/m1/s1. The van der Waals surface area contributed by atoms with Crippen LogP contribution in [0.4, 0.5) is 0 Å². The summed E-state index contributed by atoms with van der Waals surface area (Å²) in [5.41, 5.74) is 1.59. The van der Waals surface area contributed by atoms with Gasteiger partial charge in [-0.15, -0.1) is 0 Å². The molecule has 26 heavy (non-hydrogen) atoms. The van der Waals surface area contributed by atoms with Gasteiger partial charge < -0.3 is 24.1 Å². The van der Waals surface area contributed by atoms with E-state index in [1.54, 1.807) is 32.4 Å². The van der Waals surface area contributed by atoms with Gasteiger partial charge in [0.2, 0.25) is 0 Å². The van der Waals surface area contributed by atoms with E-state index in [9.17, 15) is 13.5 Å². The number of methoxy groups -OCH3 is 2. The molecule has 0 heterocycles. The third-order valence-electron chi connectivity index (χ3n) is 3.66. The first-order valence-electron chi connectivity index (χ1n) is 7.91. The fourth-order valence-electron chi connectivity index (χ4n) is 2.38. The lowest BCUT2D eigenvalue weighted by Crippen LogP contribution is -2.21. The predicted octanol–water partition coefficient (Wildman–Crippen LogP) is 1.87. The SMILES string of the molecule is COc1ccc(CNC[C@@H](O)c2ccc(OS(C)(=O)=O)cc2)c(OC)c1. The molecule has 7 nitrogen and oxygen atoms in total. The largest absolute Gasteiger partial charge is 0.497 e. The van der Waals surface area contributed by atoms with Crippen LogP contribution in [-0.4, -0.2) is 40.5 Å². The van der Waals surface area contributed by atoms with Gasteiger partial charge in [0.05, 0.1) is 26.6 Å². The van der Waals surface area contributed by atoms with Crippen LogP contribution < -0.4 is 19.0 Å². The van der Waals surface area contributed by atoms with Gasteiger partial charge >= 0.3 is 10.1 Å². The molecule has 2 rings (SSSR count). The Morgan fingerprint density at radius 2 is 1.69 bits per heavy atom. The molecule has 0 aliphatic rings. The molecule has 0 unspecified atom stereocenters. The van der Waals surface area contributed by atoms with Crippen LogP contribution in [0.5, 0.6) is 17.2 Å². The molecule has 0 aliphatic carbocycles. The lowest BCUT2D eigenvalue weighted by Gasteiger charge is -2.15. The van der Waals surface area contributed by atoms with Gasteiger partial charge in [0.25, 0.3) is 0 Å². The van der Waals surface area contributed by atoms with Crippen molar-refractivity contribution in [3.05, 3.63) is 53.6 Å². The number of aliphatic hydroxyl groups excluding tert-OH is 1. The van der Waals surface area contributed by atoms with Gasteiger partial charge in [0.1, 0.15) is 17.2 Å². The van der Waals surface area contributed by atoms with Gasteiger partial charge in [-0.05, 0) is 23.8 Å². The maximum Gasteiger partial charge on any atom is 0.306 e. The van der Waals surface area contributed by atoms with Crippen molar-refractivity contribution in [3.63, 3.8) is 0 Å². The maximum absolute atomic E-state index is 11.1. The number of nitrogens with one attached hydrogen (secondary N) is 1. The smallest absolute Gasteiger partial charge is 0.306 e. The molecule has 0 aliphatic heterocycles. The highest BCUT2D eigenvalue weighted by Crippen LogP contribution is 2.24. The quantitative estimate of drug-likeness (QED) is 0.640. The van der Waals surface area contributed by atoms with Gasteiger partial charge in [-0.3, -0.25) is 0 Å². The third kappa shape index (κ3) is 5.91. The second-order valence-corrected chi connectivity index (χ2v) is 7.26. The van der Waals surface area contributed by atoms with Crippen molar-refractivity contribution in [2.24, 2.45) is 0 Å². The zero-order valence-electron chi connectivity index (χ0n) is 14.9. The van der Waals surface area contributed by atoms with Gasteiger partial charge in [-0.1, -0.05) is 18.2 Å². The lowest BCUT2D eigenvalue weighted by molar-refractivity contribution is 0.174. The topological polar surface area (TPSA) is 94.1 Å².